The Morgan fingerprint density at radius 3 is 0.879 bits per heavy atom. The maximum Gasteiger partial charge on any atom is 0.145 e. The van der Waals surface area contributed by atoms with Crippen molar-refractivity contribution < 1.29 is 0 Å². The molecule has 3 aliphatic rings. The normalized spacial score (nSPS) is 14.8. The van der Waals surface area contributed by atoms with E-state index in [9.17, 15) is 0 Å². The van der Waals surface area contributed by atoms with Gasteiger partial charge in [-0.15, -0.1) is 0 Å². The van der Waals surface area contributed by atoms with E-state index < -0.39 is 0 Å². The van der Waals surface area contributed by atoms with Crippen molar-refractivity contribution in [2.75, 3.05) is 9.80 Å². The quantitative estimate of drug-likeness (QED) is 0.128. The zero-order chi connectivity index (χ0) is 62.9. The number of pyridine rings is 2. The minimum atomic E-state index is -0.228. The van der Waals surface area contributed by atoms with Gasteiger partial charge in [0.25, 0.3) is 0 Å². The molecule has 91 heavy (non-hydrogen) atoms. The molecule has 4 nitrogen and oxygen atoms in total. The van der Waals surface area contributed by atoms with E-state index in [4.69, 9.17) is 9.97 Å². The fourth-order valence-corrected chi connectivity index (χ4v) is 14.9. The predicted octanol–water partition coefficient (Wildman–Crippen LogP) is 23.6. The third kappa shape index (κ3) is 9.73. The van der Waals surface area contributed by atoms with Gasteiger partial charge in [-0.05, 0) is 182 Å². The fraction of sp³-hybridized carbons (Fsp3) is 0.195. The van der Waals surface area contributed by atoms with Crippen LogP contribution in [0.1, 0.15) is 150 Å². The van der Waals surface area contributed by atoms with Gasteiger partial charge in [0.1, 0.15) is 11.6 Å². The van der Waals surface area contributed by atoms with Crippen LogP contribution in [-0.4, -0.2) is 9.97 Å². The van der Waals surface area contributed by atoms with Crippen LogP contribution in [-0.2, 0) is 27.1 Å². The fourth-order valence-electron chi connectivity index (χ4n) is 14.9. The van der Waals surface area contributed by atoms with Crippen molar-refractivity contribution in [3.05, 3.63) is 298 Å². The van der Waals surface area contributed by atoms with E-state index in [2.05, 4.69) is 336 Å². The summed E-state index contributed by atoms with van der Waals surface area (Å²) in [5, 5.41) is 4.58. The Morgan fingerprint density at radius 1 is 0.297 bits per heavy atom. The highest BCUT2D eigenvalue weighted by Gasteiger charge is 2.39. The lowest BCUT2D eigenvalue weighted by Crippen LogP contribution is -2.17. The second-order valence-corrected chi connectivity index (χ2v) is 29.2. The summed E-state index contributed by atoms with van der Waals surface area (Å²) in [7, 11) is 0. The van der Waals surface area contributed by atoms with E-state index in [1.54, 1.807) is 0 Å². The highest BCUT2D eigenvalue weighted by atomic mass is 15.2. The smallest absolute Gasteiger partial charge is 0.145 e. The third-order valence-electron chi connectivity index (χ3n) is 20.3. The molecular formula is C87H78N4. The summed E-state index contributed by atoms with van der Waals surface area (Å²) in [5.41, 5.74) is 27.1. The molecule has 0 fully saturated rings. The number of hydrogen-bond acceptors (Lipinski definition) is 4. The van der Waals surface area contributed by atoms with Gasteiger partial charge in [0, 0.05) is 62.2 Å². The first kappa shape index (κ1) is 57.5. The van der Waals surface area contributed by atoms with Crippen LogP contribution in [0.2, 0.25) is 0 Å². The van der Waals surface area contributed by atoms with Crippen LogP contribution in [0.15, 0.2) is 231 Å². The first-order valence-corrected chi connectivity index (χ1v) is 32.3. The lowest BCUT2D eigenvalue weighted by molar-refractivity contribution is 0.590. The summed E-state index contributed by atoms with van der Waals surface area (Å²) in [6.07, 6.45) is 13.0. The second kappa shape index (κ2) is 21.1. The molecule has 12 aromatic rings. The number of nitrogens with zero attached hydrogens (tertiary/aromatic N) is 4. The third-order valence-corrected chi connectivity index (χ3v) is 20.3. The monoisotopic (exact) mass is 1180 g/mol. The molecule has 0 saturated heterocycles. The first-order valence-electron chi connectivity index (χ1n) is 32.3. The Kier molecular flexibility index (Phi) is 13.3. The molecular weight excluding hydrogens is 1100 g/mol. The van der Waals surface area contributed by atoms with Crippen LogP contribution >= 0.6 is 0 Å². The second-order valence-electron chi connectivity index (χ2n) is 29.2. The molecule has 0 unspecified atom stereocenters. The number of fused-ring (bicyclic) bond motifs is 11. The van der Waals surface area contributed by atoms with E-state index in [0.717, 1.165) is 45.2 Å². The summed E-state index contributed by atoms with van der Waals surface area (Å²) >= 11 is 0. The van der Waals surface area contributed by atoms with E-state index in [1.165, 1.54) is 111 Å². The SMILES string of the molecule is CC(C)(C)c1ccc(N(c2ccc3c(c2)C(C)(C)c2cc(/C=C/c4ccc5c(c4)C(C)(C)c4cc(/C=C/c6ccc7c(c6)C(C)(C)c6cc(N(c8ccc(C(C)(C)C)cc8)c8nccc9ccccc89)ccc6-7)ccc4-5)ccc2-3)c2nccc3ccccc23)cc1. The Hall–Kier alpha value is -9.90. The minimum Gasteiger partial charge on any atom is -0.295 e. The molecule has 0 atom stereocenters. The molecule has 0 N–H and O–H groups in total. The molecule has 2 heterocycles. The lowest BCUT2D eigenvalue weighted by atomic mass is 9.81. The highest BCUT2D eigenvalue weighted by Crippen LogP contribution is 2.55. The van der Waals surface area contributed by atoms with E-state index in [1.807, 2.05) is 12.4 Å². The van der Waals surface area contributed by atoms with E-state index >= 15 is 0 Å². The molecule has 10 aromatic carbocycles. The average molecular weight is 1180 g/mol. The average Bonchev–Trinajstić information content (AvgIpc) is 1.61. The van der Waals surface area contributed by atoms with Gasteiger partial charge >= 0.3 is 0 Å². The van der Waals surface area contributed by atoms with Crippen molar-refractivity contribution >= 4 is 80.2 Å². The Balaban J connectivity index is 0.671. The number of aromatic nitrogens is 2. The predicted molar refractivity (Wildman–Crippen MR) is 387 cm³/mol. The maximum absolute atomic E-state index is 5.07. The van der Waals surface area contributed by atoms with E-state index in [-0.39, 0.29) is 27.1 Å². The molecule has 3 aliphatic carbocycles. The molecule has 446 valence electrons. The molecule has 0 aliphatic heterocycles. The van der Waals surface area contributed by atoms with Gasteiger partial charge in [-0.1, -0.05) is 265 Å². The van der Waals surface area contributed by atoms with Crippen molar-refractivity contribution in [1.29, 1.82) is 0 Å². The standard InChI is InChI=1S/C87H78N4/c1-83(2,3)61-29-33-63(34-30-61)90(81-67-19-15-13-17-59(67)45-47-88-81)65-37-43-73-71-41-27-57(51-77(71)86(9,10)79(73)53-65)23-21-55-25-39-69-70-40-26-56(50-76(70)85(7,8)75(69)49-55)22-24-58-28-42-72-74-44-38-66(54-80(74)87(11,12)78(72)52-58)91(64-35-31-62(32-36-64)84(4,5)6)82-68-20-16-14-18-60(68)46-48-89-82/h13-54H,1-12H3/b23-21+,24-22+. The first-order chi connectivity index (χ1) is 43.6. The lowest BCUT2D eigenvalue weighted by Gasteiger charge is -2.29. The Labute approximate surface area is 538 Å². The summed E-state index contributed by atoms with van der Waals surface area (Å²) in [5.74, 6) is 1.85. The van der Waals surface area contributed by atoms with Gasteiger partial charge in [0.15, 0.2) is 0 Å². The zero-order valence-corrected chi connectivity index (χ0v) is 54.5. The van der Waals surface area contributed by atoms with Crippen molar-refractivity contribution in [2.24, 2.45) is 0 Å². The highest BCUT2D eigenvalue weighted by molar-refractivity contribution is 5.99. The van der Waals surface area contributed by atoms with Crippen LogP contribution < -0.4 is 9.80 Å². The minimum absolute atomic E-state index is 0.0482. The Bertz CT molecular complexity index is 4650. The van der Waals surface area contributed by atoms with E-state index in [0.29, 0.717) is 0 Å². The van der Waals surface area contributed by atoms with Crippen molar-refractivity contribution in [3.8, 4) is 33.4 Å². The number of rotatable bonds is 10. The molecule has 0 bridgehead atoms. The van der Waals surface area contributed by atoms with Gasteiger partial charge < -0.3 is 0 Å². The summed E-state index contributed by atoms with van der Waals surface area (Å²) < 4.78 is 0. The molecule has 15 rings (SSSR count). The summed E-state index contributed by atoms with van der Waals surface area (Å²) in [6.45, 7) is 27.9. The van der Waals surface area contributed by atoms with Gasteiger partial charge in [-0.25, -0.2) is 9.97 Å². The van der Waals surface area contributed by atoms with Crippen molar-refractivity contribution in [1.82, 2.24) is 9.97 Å². The molecule has 0 radical (unpaired) electrons. The van der Waals surface area contributed by atoms with Crippen LogP contribution in [0.3, 0.4) is 0 Å². The summed E-state index contributed by atoms with van der Waals surface area (Å²) in [6, 6.07) is 81.6. The molecule has 0 saturated carbocycles. The molecule has 0 amide bonds. The summed E-state index contributed by atoms with van der Waals surface area (Å²) in [4.78, 5) is 14.8. The topological polar surface area (TPSA) is 32.3 Å². The van der Waals surface area contributed by atoms with Crippen LogP contribution in [0.25, 0.3) is 79.2 Å². The van der Waals surface area contributed by atoms with Gasteiger partial charge in [0.2, 0.25) is 0 Å². The number of hydrogen-bond donors (Lipinski definition) is 0. The number of benzene rings is 10. The van der Waals surface area contributed by atoms with Crippen LogP contribution in [0, 0.1) is 0 Å². The zero-order valence-electron chi connectivity index (χ0n) is 54.5. The maximum atomic E-state index is 5.07. The van der Waals surface area contributed by atoms with Crippen LogP contribution in [0.4, 0.5) is 34.4 Å². The van der Waals surface area contributed by atoms with Crippen LogP contribution in [0.5, 0.6) is 0 Å². The van der Waals surface area contributed by atoms with Crippen molar-refractivity contribution in [2.45, 2.75) is 110 Å². The largest absolute Gasteiger partial charge is 0.295 e. The molecule has 2 aromatic heterocycles. The molecule has 0 spiro atoms. The van der Waals surface area contributed by atoms with Gasteiger partial charge in [0.05, 0.1) is 0 Å². The van der Waals surface area contributed by atoms with Crippen molar-refractivity contribution in [3.63, 3.8) is 0 Å². The number of anilines is 6. The van der Waals surface area contributed by atoms with Gasteiger partial charge in [-0.3, -0.25) is 9.80 Å². The van der Waals surface area contributed by atoms with Gasteiger partial charge in [-0.2, -0.15) is 0 Å². The molecule has 4 heteroatoms. The Morgan fingerprint density at radius 2 is 0.571 bits per heavy atom.